The molecule has 1 heterocycles. The van der Waals surface area contributed by atoms with Crippen LogP contribution in [0.3, 0.4) is 0 Å². The van der Waals surface area contributed by atoms with E-state index in [0.717, 1.165) is 32.0 Å². The number of rotatable bonds is 7. The Balaban J connectivity index is 2.21. The Bertz CT molecular complexity index is 261. The monoisotopic (exact) mass is 251 g/mol. The number of nitriles is 1. The molecule has 1 fully saturated rings. The largest absolute Gasteiger partial charge is 0.315 e. The van der Waals surface area contributed by atoms with Gasteiger partial charge in [0, 0.05) is 12.6 Å². The van der Waals surface area contributed by atoms with Crippen LogP contribution in [0, 0.1) is 16.7 Å². The van der Waals surface area contributed by atoms with E-state index in [1.165, 1.54) is 32.4 Å². The molecule has 104 valence electrons. The summed E-state index contributed by atoms with van der Waals surface area (Å²) in [5.41, 5.74) is -0.149. The first-order valence-electron chi connectivity index (χ1n) is 7.45. The summed E-state index contributed by atoms with van der Waals surface area (Å²) in [6.07, 6.45) is 6.05. The number of hydrogen-bond donors (Lipinski definition) is 1. The predicted molar refractivity (Wildman–Crippen MR) is 76.4 cm³/mol. The van der Waals surface area contributed by atoms with Gasteiger partial charge in [0.1, 0.15) is 0 Å². The van der Waals surface area contributed by atoms with E-state index in [1.54, 1.807) is 0 Å². The van der Waals surface area contributed by atoms with Gasteiger partial charge < -0.3 is 5.32 Å². The van der Waals surface area contributed by atoms with Crippen LogP contribution < -0.4 is 5.32 Å². The van der Waals surface area contributed by atoms with Crippen LogP contribution in [0.15, 0.2) is 0 Å². The summed E-state index contributed by atoms with van der Waals surface area (Å²) in [4.78, 5) is 2.60. The molecule has 0 spiro atoms. The zero-order chi connectivity index (χ0) is 13.4. The maximum Gasteiger partial charge on any atom is 0.0683 e. The van der Waals surface area contributed by atoms with Gasteiger partial charge in [-0.25, -0.2) is 0 Å². The molecule has 1 rings (SSSR count). The zero-order valence-corrected chi connectivity index (χ0v) is 12.3. The third-order valence-corrected chi connectivity index (χ3v) is 3.99. The van der Waals surface area contributed by atoms with E-state index in [2.05, 4.69) is 23.2 Å². The van der Waals surface area contributed by atoms with E-state index in [1.807, 2.05) is 13.8 Å². The molecule has 1 aliphatic heterocycles. The van der Waals surface area contributed by atoms with Gasteiger partial charge in [-0.2, -0.15) is 5.26 Å². The van der Waals surface area contributed by atoms with Crippen molar-refractivity contribution >= 4 is 0 Å². The van der Waals surface area contributed by atoms with E-state index in [4.69, 9.17) is 5.26 Å². The van der Waals surface area contributed by atoms with E-state index < -0.39 is 0 Å². The Morgan fingerprint density at radius 1 is 1.39 bits per heavy atom. The van der Waals surface area contributed by atoms with Crippen LogP contribution in [0.5, 0.6) is 0 Å². The first kappa shape index (κ1) is 15.5. The number of likely N-dealkylation sites (N-methyl/N-ethyl adjacent to an activating group) is 1. The minimum Gasteiger partial charge on any atom is -0.315 e. The Morgan fingerprint density at radius 2 is 2.17 bits per heavy atom. The van der Waals surface area contributed by atoms with Crippen LogP contribution in [0.2, 0.25) is 0 Å². The maximum absolute atomic E-state index is 8.98. The number of nitrogens with zero attached hydrogens (tertiary/aromatic N) is 2. The lowest BCUT2D eigenvalue weighted by atomic mass is 9.89. The highest BCUT2D eigenvalue weighted by Crippen LogP contribution is 2.22. The highest BCUT2D eigenvalue weighted by atomic mass is 15.2. The summed E-state index contributed by atoms with van der Waals surface area (Å²) in [5, 5.41) is 12.5. The molecule has 3 heteroatoms. The molecule has 1 atom stereocenters. The molecule has 0 aromatic carbocycles. The van der Waals surface area contributed by atoms with Crippen LogP contribution in [-0.2, 0) is 0 Å². The Morgan fingerprint density at radius 3 is 2.72 bits per heavy atom. The first-order valence-corrected chi connectivity index (χ1v) is 7.45. The van der Waals surface area contributed by atoms with Gasteiger partial charge >= 0.3 is 0 Å². The minimum atomic E-state index is -0.149. The molecule has 0 bridgehead atoms. The molecule has 1 aliphatic rings. The van der Waals surface area contributed by atoms with Crippen molar-refractivity contribution in [1.29, 1.82) is 5.26 Å². The summed E-state index contributed by atoms with van der Waals surface area (Å²) in [6.45, 7) is 11.0. The second-order valence-electron chi connectivity index (χ2n) is 6.08. The second-order valence-corrected chi connectivity index (χ2v) is 6.08. The summed E-state index contributed by atoms with van der Waals surface area (Å²) in [6, 6.07) is 3.11. The van der Waals surface area contributed by atoms with E-state index >= 15 is 0 Å². The number of unbranched alkanes of at least 4 members (excludes halogenated alkanes) is 1. The summed E-state index contributed by atoms with van der Waals surface area (Å²) >= 11 is 0. The molecule has 0 aromatic heterocycles. The van der Waals surface area contributed by atoms with Crippen LogP contribution in [0.4, 0.5) is 0 Å². The lowest BCUT2D eigenvalue weighted by Gasteiger charge is -2.34. The Labute approximate surface area is 113 Å². The third-order valence-electron chi connectivity index (χ3n) is 3.99. The van der Waals surface area contributed by atoms with Gasteiger partial charge in [0.25, 0.3) is 0 Å². The molecule has 1 unspecified atom stereocenters. The number of nitrogens with one attached hydrogen (secondary N) is 1. The number of piperidine rings is 1. The fourth-order valence-corrected chi connectivity index (χ4v) is 2.68. The van der Waals surface area contributed by atoms with Crippen molar-refractivity contribution in [2.24, 2.45) is 5.41 Å². The molecule has 0 saturated carbocycles. The van der Waals surface area contributed by atoms with Crippen LogP contribution in [-0.4, -0.2) is 37.1 Å². The molecule has 0 amide bonds. The highest BCUT2D eigenvalue weighted by Gasteiger charge is 2.20. The lowest BCUT2D eigenvalue weighted by molar-refractivity contribution is 0.169. The summed E-state index contributed by atoms with van der Waals surface area (Å²) in [5.74, 6) is 0. The van der Waals surface area contributed by atoms with E-state index in [0.29, 0.717) is 0 Å². The Hall–Kier alpha value is -0.590. The molecule has 0 aromatic rings. The van der Waals surface area contributed by atoms with Crippen molar-refractivity contribution in [2.45, 2.75) is 58.9 Å². The van der Waals surface area contributed by atoms with Gasteiger partial charge in [0.05, 0.1) is 11.5 Å². The zero-order valence-electron chi connectivity index (χ0n) is 12.3. The first-order chi connectivity index (χ1) is 8.59. The SMILES string of the molecule is CCN(CCCCC(C)(C)C#N)C1CCCNC1. The van der Waals surface area contributed by atoms with Crippen molar-refractivity contribution in [3.05, 3.63) is 0 Å². The van der Waals surface area contributed by atoms with E-state index in [-0.39, 0.29) is 5.41 Å². The average molecular weight is 251 g/mol. The fraction of sp³-hybridized carbons (Fsp3) is 0.933. The molecule has 0 aliphatic carbocycles. The van der Waals surface area contributed by atoms with Crippen molar-refractivity contribution in [1.82, 2.24) is 10.2 Å². The minimum absolute atomic E-state index is 0.149. The molecule has 3 nitrogen and oxygen atoms in total. The smallest absolute Gasteiger partial charge is 0.0683 e. The van der Waals surface area contributed by atoms with Crippen molar-refractivity contribution in [3.63, 3.8) is 0 Å². The van der Waals surface area contributed by atoms with E-state index in [9.17, 15) is 0 Å². The Kier molecular flexibility index (Phi) is 6.67. The summed E-state index contributed by atoms with van der Waals surface area (Å²) < 4.78 is 0. The van der Waals surface area contributed by atoms with Gasteiger partial charge in [-0.1, -0.05) is 13.3 Å². The molecule has 0 radical (unpaired) electrons. The normalized spacial score (nSPS) is 20.9. The maximum atomic E-state index is 8.98. The van der Waals surface area contributed by atoms with Gasteiger partial charge in [0.15, 0.2) is 0 Å². The molecular weight excluding hydrogens is 222 g/mol. The topological polar surface area (TPSA) is 39.1 Å². The highest BCUT2D eigenvalue weighted by molar-refractivity contribution is 4.91. The standard InChI is InChI=1S/C15H29N3/c1-4-18(14-8-7-10-17-12-14)11-6-5-9-15(2,3)13-16/h14,17H,4-12H2,1-3H3. The van der Waals surface area contributed by atoms with Gasteiger partial charge in [-0.3, -0.25) is 4.90 Å². The molecule has 18 heavy (non-hydrogen) atoms. The van der Waals surface area contributed by atoms with Crippen molar-refractivity contribution in [2.75, 3.05) is 26.2 Å². The van der Waals surface area contributed by atoms with Gasteiger partial charge in [-0.05, 0) is 59.2 Å². The van der Waals surface area contributed by atoms with Crippen LogP contribution in [0.1, 0.15) is 52.9 Å². The van der Waals surface area contributed by atoms with Gasteiger partial charge in [-0.15, -0.1) is 0 Å². The van der Waals surface area contributed by atoms with Crippen LogP contribution >= 0.6 is 0 Å². The average Bonchev–Trinajstić information content (AvgIpc) is 2.40. The third kappa shape index (κ3) is 5.37. The molecular formula is C15H29N3. The van der Waals surface area contributed by atoms with Crippen LogP contribution in [0.25, 0.3) is 0 Å². The molecule has 1 N–H and O–H groups in total. The quantitative estimate of drug-likeness (QED) is 0.707. The summed E-state index contributed by atoms with van der Waals surface area (Å²) in [7, 11) is 0. The van der Waals surface area contributed by atoms with Crippen molar-refractivity contribution < 1.29 is 0 Å². The fourth-order valence-electron chi connectivity index (χ4n) is 2.68. The lowest BCUT2D eigenvalue weighted by Crippen LogP contribution is -2.46. The van der Waals surface area contributed by atoms with Crippen molar-refractivity contribution in [3.8, 4) is 6.07 Å². The number of hydrogen-bond acceptors (Lipinski definition) is 3. The van der Waals surface area contributed by atoms with Gasteiger partial charge in [0.2, 0.25) is 0 Å². The molecule has 1 saturated heterocycles. The predicted octanol–water partition coefficient (Wildman–Crippen LogP) is 2.78. The second kappa shape index (κ2) is 7.76.